The van der Waals surface area contributed by atoms with Crippen molar-refractivity contribution in [1.29, 1.82) is 0 Å². The van der Waals surface area contributed by atoms with Crippen LogP contribution in [0.15, 0.2) is 6.20 Å². The van der Waals surface area contributed by atoms with Gasteiger partial charge < -0.3 is 19.5 Å². The molecule has 17 heavy (non-hydrogen) atoms. The molecule has 1 rings (SSSR count). The number of aliphatic hydroxyl groups is 1. The number of anilines is 1. The minimum absolute atomic E-state index is 0.465. The highest BCUT2D eigenvalue weighted by atomic mass is 32.1. The highest BCUT2D eigenvalue weighted by molar-refractivity contribution is 7.15. The van der Waals surface area contributed by atoms with Crippen molar-refractivity contribution in [3.63, 3.8) is 0 Å². The predicted molar refractivity (Wildman–Crippen MR) is 68.7 cm³/mol. The van der Waals surface area contributed by atoms with Gasteiger partial charge in [0.1, 0.15) is 0 Å². The van der Waals surface area contributed by atoms with E-state index in [1.54, 1.807) is 27.3 Å². The Morgan fingerprint density at radius 1 is 1.35 bits per heavy atom. The van der Waals surface area contributed by atoms with Crippen LogP contribution < -0.4 is 4.90 Å². The van der Waals surface area contributed by atoms with E-state index in [4.69, 9.17) is 9.47 Å². The lowest BCUT2D eigenvalue weighted by Crippen LogP contribution is -2.30. The van der Waals surface area contributed by atoms with Crippen LogP contribution in [0, 0.1) is 0 Å². The van der Waals surface area contributed by atoms with E-state index in [9.17, 15) is 5.11 Å². The van der Waals surface area contributed by atoms with E-state index in [2.05, 4.69) is 9.88 Å². The summed E-state index contributed by atoms with van der Waals surface area (Å²) in [6, 6.07) is 0. The topological polar surface area (TPSA) is 54.8 Å². The average molecular weight is 260 g/mol. The van der Waals surface area contributed by atoms with E-state index in [0.717, 1.165) is 23.1 Å². The third kappa shape index (κ3) is 4.59. The molecular formula is C11H20N2O3S. The van der Waals surface area contributed by atoms with Crippen LogP contribution in [0.1, 0.15) is 17.9 Å². The van der Waals surface area contributed by atoms with E-state index in [1.165, 1.54) is 11.3 Å². The van der Waals surface area contributed by atoms with Crippen molar-refractivity contribution in [2.24, 2.45) is 0 Å². The maximum absolute atomic E-state index is 9.47. The van der Waals surface area contributed by atoms with Gasteiger partial charge in [0.05, 0.1) is 24.2 Å². The summed E-state index contributed by atoms with van der Waals surface area (Å²) < 4.78 is 10.1. The third-order valence-corrected chi connectivity index (χ3v) is 3.55. The van der Waals surface area contributed by atoms with Gasteiger partial charge in [0.15, 0.2) is 5.13 Å². The molecule has 1 N–H and O–H groups in total. The number of ether oxygens (including phenoxy) is 2. The van der Waals surface area contributed by atoms with Gasteiger partial charge in [-0.05, 0) is 6.92 Å². The fourth-order valence-corrected chi connectivity index (χ4v) is 2.23. The van der Waals surface area contributed by atoms with Gasteiger partial charge >= 0.3 is 0 Å². The number of aliphatic hydroxyl groups excluding tert-OH is 1. The Morgan fingerprint density at radius 2 is 1.94 bits per heavy atom. The maximum Gasteiger partial charge on any atom is 0.185 e. The second-order valence-electron chi connectivity index (χ2n) is 3.69. The van der Waals surface area contributed by atoms with Gasteiger partial charge in [0.25, 0.3) is 0 Å². The first-order chi connectivity index (χ1) is 8.19. The van der Waals surface area contributed by atoms with Crippen molar-refractivity contribution >= 4 is 16.5 Å². The molecule has 0 saturated heterocycles. The number of hydrogen-bond acceptors (Lipinski definition) is 6. The van der Waals surface area contributed by atoms with Crippen molar-refractivity contribution in [2.45, 2.75) is 13.0 Å². The Morgan fingerprint density at radius 3 is 2.35 bits per heavy atom. The maximum atomic E-state index is 9.47. The molecule has 1 unspecified atom stereocenters. The number of hydrogen-bond donors (Lipinski definition) is 1. The molecule has 0 amide bonds. The van der Waals surface area contributed by atoms with Crippen LogP contribution >= 0.6 is 11.3 Å². The molecule has 0 spiro atoms. The molecule has 1 heterocycles. The summed E-state index contributed by atoms with van der Waals surface area (Å²) in [6.07, 6.45) is 1.25. The highest BCUT2D eigenvalue weighted by Crippen LogP contribution is 2.26. The molecule has 0 aliphatic rings. The summed E-state index contributed by atoms with van der Waals surface area (Å²) in [5.41, 5.74) is 0. The van der Waals surface area contributed by atoms with Gasteiger partial charge in [-0.15, -0.1) is 0 Å². The monoisotopic (exact) mass is 260 g/mol. The van der Waals surface area contributed by atoms with Crippen molar-refractivity contribution in [3.8, 4) is 0 Å². The second kappa shape index (κ2) is 7.60. The molecule has 0 aromatic carbocycles. The molecule has 0 bridgehead atoms. The zero-order valence-corrected chi connectivity index (χ0v) is 11.4. The van der Waals surface area contributed by atoms with Gasteiger partial charge in [-0.1, -0.05) is 11.3 Å². The van der Waals surface area contributed by atoms with E-state index in [1.807, 2.05) is 0 Å². The summed E-state index contributed by atoms with van der Waals surface area (Å²) in [6.45, 7) is 4.58. The minimum Gasteiger partial charge on any atom is -0.388 e. The van der Waals surface area contributed by atoms with E-state index < -0.39 is 6.10 Å². The summed E-state index contributed by atoms with van der Waals surface area (Å²) >= 11 is 1.50. The highest BCUT2D eigenvalue weighted by Gasteiger charge is 2.12. The van der Waals surface area contributed by atoms with E-state index in [-0.39, 0.29) is 0 Å². The Kier molecular flexibility index (Phi) is 6.43. The summed E-state index contributed by atoms with van der Waals surface area (Å²) in [5, 5.41) is 10.4. The number of methoxy groups -OCH3 is 2. The Bertz CT molecular complexity index is 309. The molecular weight excluding hydrogens is 240 g/mol. The number of nitrogens with zero attached hydrogens (tertiary/aromatic N) is 2. The minimum atomic E-state index is -0.465. The Labute approximate surface area is 106 Å². The van der Waals surface area contributed by atoms with Crippen LogP contribution in [-0.4, -0.2) is 50.6 Å². The first-order valence-electron chi connectivity index (χ1n) is 5.55. The zero-order valence-electron chi connectivity index (χ0n) is 10.5. The molecule has 1 aromatic rings. The lowest BCUT2D eigenvalue weighted by atomic mass is 10.4. The van der Waals surface area contributed by atoms with Gasteiger partial charge in [-0.25, -0.2) is 4.98 Å². The fraction of sp³-hybridized carbons (Fsp3) is 0.727. The van der Waals surface area contributed by atoms with E-state index in [0.29, 0.717) is 13.2 Å². The van der Waals surface area contributed by atoms with Gasteiger partial charge in [-0.3, -0.25) is 0 Å². The summed E-state index contributed by atoms with van der Waals surface area (Å²) in [7, 11) is 3.36. The second-order valence-corrected chi connectivity index (χ2v) is 4.73. The lowest BCUT2D eigenvalue weighted by Gasteiger charge is -2.20. The smallest absolute Gasteiger partial charge is 0.185 e. The van der Waals surface area contributed by atoms with Crippen molar-refractivity contribution < 1.29 is 14.6 Å². The Hall–Kier alpha value is -0.690. The molecule has 5 nitrogen and oxygen atoms in total. The largest absolute Gasteiger partial charge is 0.388 e. The normalized spacial score (nSPS) is 12.7. The molecule has 0 radical (unpaired) electrons. The molecule has 6 heteroatoms. The average Bonchev–Trinajstić information content (AvgIpc) is 2.79. The predicted octanol–water partition coefficient (Wildman–Crippen LogP) is 1.30. The molecule has 0 aliphatic heterocycles. The van der Waals surface area contributed by atoms with Crippen LogP contribution in [0.25, 0.3) is 0 Å². The lowest BCUT2D eigenvalue weighted by molar-refractivity contribution is 0.190. The summed E-state index contributed by atoms with van der Waals surface area (Å²) in [4.78, 5) is 7.29. The first-order valence-corrected chi connectivity index (χ1v) is 6.37. The quantitative estimate of drug-likeness (QED) is 0.763. The molecule has 0 aliphatic carbocycles. The van der Waals surface area contributed by atoms with Crippen molar-refractivity contribution in [3.05, 3.63) is 11.1 Å². The number of rotatable bonds is 8. The Balaban J connectivity index is 2.65. The van der Waals surface area contributed by atoms with Crippen LogP contribution in [0.4, 0.5) is 5.13 Å². The zero-order chi connectivity index (χ0) is 12.7. The molecule has 0 saturated carbocycles. The van der Waals surface area contributed by atoms with Crippen molar-refractivity contribution in [1.82, 2.24) is 4.98 Å². The number of aromatic nitrogens is 1. The molecule has 0 fully saturated rings. The van der Waals surface area contributed by atoms with Gasteiger partial charge in [-0.2, -0.15) is 0 Å². The molecule has 1 aromatic heterocycles. The van der Waals surface area contributed by atoms with Crippen molar-refractivity contribution in [2.75, 3.05) is 45.4 Å². The van der Waals surface area contributed by atoms with Crippen LogP contribution in [0.3, 0.4) is 0 Å². The number of thiazole rings is 1. The standard InChI is InChI=1S/C11H20N2O3S/c1-9(14)10-8-12-11(17-10)13(4-6-15-2)5-7-16-3/h8-9,14H,4-7H2,1-3H3. The SMILES string of the molecule is COCCN(CCOC)c1ncc(C(C)O)s1. The fourth-order valence-electron chi connectivity index (χ4n) is 1.32. The van der Waals surface area contributed by atoms with E-state index >= 15 is 0 Å². The summed E-state index contributed by atoms with van der Waals surface area (Å²) in [5.74, 6) is 0. The van der Waals surface area contributed by atoms with Crippen LogP contribution in [0.2, 0.25) is 0 Å². The molecule has 98 valence electrons. The van der Waals surface area contributed by atoms with Gasteiger partial charge in [0.2, 0.25) is 0 Å². The van der Waals surface area contributed by atoms with Crippen LogP contribution in [-0.2, 0) is 9.47 Å². The molecule has 1 atom stereocenters. The third-order valence-electron chi connectivity index (χ3n) is 2.32. The van der Waals surface area contributed by atoms with Gasteiger partial charge in [0, 0.05) is 33.5 Å². The first kappa shape index (κ1) is 14.4. The van der Waals surface area contributed by atoms with Crippen LogP contribution in [0.5, 0.6) is 0 Å².